The summed E-state index contributed by atoms with van der Waals surface area (Å²) in [6.07, 6.45) is 5.17. The molecule has 0 bridgehead atoms. The molecule has 19 heavy (non-hydrogen) atoms. The van der Waals surface area contributed by atoms with Crippen molar-refractivity contribution in [2.75, 3.05) is 0 Å². The molecule has 0 radical (unpaired) electrons. The topological polar surface area (TPSA) is 49.9 Å². The Morgan fingerprint density at radius 3 is 2.74 bits per heavy atom. The molecule has 0 saturated heterocycles. The first kappa shape index (κ1) is 11.9. The van der Waals surface area contributed by atoms with Gasteiger partial charge in [-0.1, -0.05) is 11.6 Å². The number of carbonyl (C=O) groups excluding carboxylic acids is 2. The Morgan fingerprint density at radius 1 is 1.16 bits per heavy atom. The maximum atomic E-state index is 13.5. The van der Waals surface area contributed by atoms with Gasteiger partial charge in [-0.3, -0.25) is 9.59 Å². The summed E-state index contributed by atoms with van der Waals surface area (Å²) in [6, 6.07) is 2.78. The molecule has 0 unspecified atom stereocenters. The number of H-pyrrole nitrogens is 1. The minimum Gasteiger partial charge on any atom is -0.360 e. The molecule has 0 saturated carbocycles. The van der Waals surface area contributed by atoms with E-state index in [0.29, 0.717) is 16.5 Å². The van der Waals surface area contributed by atoms with E-state index in [2.05, 4.69) is 4.98 Å². The van der Waals surface area contributed by atoms with Gasteiger partial charge < -0.3 is 4.98 Å². The average Bonchev–Trinajstić information content (AvgIpc) is 2.81. The van der Waals surface area contributed by atoms with Crippen LogP contribution in [0.2, 0.25) is 5.02 Å². The quantitative estimate of drug-likeness (QED) is 0.813. The molecule has 0 aliphatic heterocycles. The Kier molecular flexibility index (Phi) is 2.61. The number of halogens is 2. The maximum Gasteiger partial charge on any atom is 0.186 e. The zero-order valence-corrected chi connectivity index (χ0v) is 10.3. The summed E-state index contributed by atoms with van der Waals surface area (Å²) in [5.74, 6) is -1.15. The van der Waals surface area contributed by atoms with Crippen molar-refractivity contribution in [3.8, 4) is 0 Å². The van der Waals surface area contributed by atoms with Crippen molar-refractivity contribution >= 4 is 39.6 Å². The van der Waals surface area contributed by atoms with Crippen LogP contribution in [0.1, 0.15) is 5.56 Å². The predicted molar refractivity (Wildman–Crippen MR) is 70.4 cm³/mol. The van der Waals surface area contributed by atoms with Crippen LogP contribution in [-0.4, -0.2) is 16.6 Å². The van der Waals surface area contributed by atoms with E-state index in [1.54, 1.807) is 6.20 Å². The highest BCUT2D eigenvalue weighted by Crippen LogP contribution is 2.34. The highest BCUT2D eigenvalue weighted by molar-refractivity contribution is 6.40. The lowest BCUT2D eigenvalue weighted by Crippen LogP contribution is -2.06. The van der Waals surface area contributed by atoms with Crippen molar-refractivity contribution in [3.63, 3.8) is 0 Å². The van der Waals surface area contributed by atoms with E-state index in [1.165, 1.54) is 30.4 Å². The summed E-state index contributed by atoms with van der Waals surface area (Å²) in [7, 11) is 0. The minimum absolute atomic E-state index is 0.0653. The second-order valence-electron chi connectivity index (χ2n) is 4.14. The SMILES string of the molecule is O=C1C=CC(=O)C(c2c[nH]c3ccc(F)c(Cl)c23)=C1. The second kappa shape index (κ2) is 4.17. The molecule has 1 aliphatic carbocycles. The van der Waals surface area contributed by atoms with E-state index in [4.69, 9.17) is 11.6 Å². The number of nitrogens with one attached hydrogen (secondary N) is 1. The van der Waals surface area contributed by atoms with Gasteiger partial charge in [-0.05, 0) is 30.4 Å². The van der Waals surface area contributed by atoms with Crippen LogP contribution >= 0.6 is 11.6 Å². The zero-order chi connectivity index (χ0) is 13.6. The Balaban J connectivity index is 2.30. The third kappa shape index (κ3) is 1.81. The molecule has 1 N–H and O–H groups in total. The van der Waals surface area contributed by atoms with E-state index in [-0.39, 0.29) is 22.2 Å². The molecule has 0 fully saturated rings. The van der Waals surface area contributed by atoms with Crippen LogP contribution in [0.25, 0.3) is 16.5 Å². The summed E-state index contributed by atoms with van der Waals surface area (Å²) in [4.78, 5) is 26.1. The van der Waals surface area contributed by atoms with Crippen LogP contribution in [-0.2, 0) is 9.59 Å². The summed E-state index contributed by atoms with van der Waals surface area (Å²) < 4.78 is 13.5. The third-order valence-electron chi connectivity index (χ3n) is 2.98. The number of hydrogen-bond donors (Lipinski definition) is 1. The van der Waals surface area contributed by atoms with Crippen molar-refractivity contribution < 1.29 is 14.0 Å². The molecule has 1 aliphatic rings. The average molecular weight is 276 g/mol. The molecule has 3 nitrogen and oxygen atoms in total. The summed E-state index contributed by atoms with van der Waals surface area (Å²) in [5.41, 5.74) is 1.26. The van der Waals surface area contributed by atoms with Gasteiger partial charge in [0.25, 0.3) is 0 Å². The number of rotatable bonds is 1. The van der Waals surface area contributed by atoms with Crippen LogP contribution < -0.4 is 0 Å². The van der Waals surface area contributed by atoms with Crippen molar-refractivity contribution in [1.82, 2.24) is 4.98 Å². The number of allylic oxidation sites excluding steroid dienone is 4. The molecule has 0 amide bonds. The number of fused-ring (bicyclic) bond motifs is 1. The van der Waals surface area contributed by atoms with E-state index < -0.39 is 5.82 Å². The second-order valence-corrected chi connectivity index (χ2v) is 4.52. The summed E-state index contributed by atoms with van der Waals surface area (Å²) in [5, 5.41) is 0.341. The lowest BCUT2D eigenvalue weighted by Gasteiger charge is -2.06. The van der Waals surface area contributed by atoms with Gasteiger partial charge in [0, 0.05) is 28.2 Å². The van der Waals surface area contributed by atoms with Crippen molar-refractivity contribution in [3.05, 3.63) is 53.0 Å². The lowest BCUT2D eigenvalue weighted by molar-refractivity contribution is -0.113. The predicted octanol–water partition coefficient (Wildman–Crippen LogP) is 3.05. The monoisotopic (exact) mass is 275 g/mol. The highest BCUT2D eigenvalue weighted by atomic mass is 35.5. The Bertz CT molecular complexity index is 786. The number of aromatic amines is 1. The smallest absolute Gasteiger partial charge is 0.186 e. The first-order valence-corrected chi connectivity index (χ1v) is 5.89. The van der Waals surface area contributed by atoms with Crippen LogP contribution in [0.4, 0.5) is 4.39 Å². The van der Waals surface area contributed by atoms with E-state index in [0.717, 1.165) is 0 Å². The van der Waals surface area contributed by atoms with Gasteiger partial charge in [0.15, 0.2) is 11.6 Å². The summed E-state index contributed by atoms with van der Waals surface area (Å²) in [6.45, 7) is 0. The number of benzene rings is 1. The largest absolute Gasteiger partial charge is 0.360 e. The van der Waals surface area contributed by atoms with Gasteiger partial charge in [-0.2, -0.15) is 0 Å². The molecule has 1 aromatic heterocycles. The molecule has 1 aromatic carbocycles. The van der Waals surface area contributed by atoms with Gasteiger partial charge in [-0.15, -0.1) is 0 Å². The molecular formula is C14H7ClFNO2. The van der Waals surface area contributed by atoms with Crippen LogP contribution in [0.3, 0.4) is 0 Å². The molecule has 0 spiro atoms. The van der Waals surface area contributed by atoms with Crippen LogP contribution in [0.5, 0.6) is 0 Å². The summed E-state index contributed by atoms with van der Waals surface area (Å²) >= 11 is 5.94. The van der Waals surface area contributed by atoms with Crippen molar-refractivity contribution in [2.45, 2.75) is 0 Å². The van der Waals surface area contributed by atoms with Gasteiger partial charge in [0.2, 0.25) is 0 Å². The molecular weight excluding hydrogens is 269 g/mol. The first-order chi connectivity index (χ1) is 9.08. The molecule has 5 heteroatoms. The first-order valence-electron chi connectivity index (χ1n) is 5.51. The van der Waals surface area contributed by atoms with Crippen molar-refractivity contribution in [2.24, 2.45) is 0 Å². The number of carbonyl (C=O) groups is 2. The molecule has 1 heterocycles. The van der Waals surface area contributed by atoms with E-state index in [9.17, 15) is 14.0 Å². The Morgan fingerprint density at radius 2 is 1.95 bits per heavy atom. The van der Waals surface area contributed by atoms with Gasteiger partial charge in [-0.25, -0.2) is 4.39 Å². The molecule has 94 valence electrons. The van der Waals surface area contributed by atoms with Gasteiger partial charge in [0.05, 0.1) is 5.02 Å². The fourth-order valence-corrected chi connectivity index (χ4v) is 2.35. The zero-order valence-electron chi connectivity index (χ0n) is 9.54. The molecule has 0 atom stereocenters. The molecule has 2 aromatic rings. The van der Waals surface area contributed by atoms with Crippen molar-refractivity contribution in [1.29, 1.82) is 0 Å². The number of aromatic nitrogens is 1. The van der Waals surface area contributed by atoms with Crippen LogP contribution in [0.15, 0.2) is 36.6 Å². The third-order valence-corrected chi connectivity index (χ3v) is 3.35. The lowest BCUT2D eigenvalue weighted by atomic mass is 9.96. The van der Waals surface area contributed by atoms with Gasteiger partial charge in [0.1, 0.15) is 5.82 Å². The normalized spacial score (nSPS) is 15.2. The maximum absolute atomic E-state index is 13.5. The Hall–Kier alpha value is -2.20. The molecule has 3 rings (SSSR count). The standard InChI is InChI=1S/C14H7ClFNO2/c15-14-10(16)2-3-11-13(14)9(6-17-11)8-5-7(18)1-4-12(8)19/h1-6,17H. The van der Waals surface area contributed by atoms with Gasteiger partial charge >= 0.3 is 0 Å². The number of hydrogen-bond acceptors (Lipinski definition) is 2. The van der Waals surface area contributed by atoms with E-state index in [1.807, 2.05) is 0 Å². The fraction of sp³-hybridized carbons (Fsp3) is 0. The minimum atomic E-state index is -0.569. The number of ketones is 2. The Labute approximate surface area is 112 Å². The highest BCUT2D eigenvalue weighted by Gasteiger charge is 2.20. The fourth-order valence-electron chi connectivity index (χ4n) is 2.09. The van der Waals surface area contributed by atoms with E-state index >= 15 is 0 Å². The van der Waals surface area contributed by atoms with Crippen LogP contribution in [0, 0.1) is 5.82 Å².